The van der Waals surface area contributed by atoms with Gasteiger partial charge >= 0.3 is 0 Å². The molecule has 0 aliphatic heterocycles. The Hall–Kier alpha value is -0.150. The van der Waals surface area contributed by atoms with Crippen LogP contribution in [-0.2, 0) is 0 Å². The summed E-state index contributed by atoms with van der Waals surface area (Å²) in [6.45, 7) is 13.3. The van der Waals surface area contributed by atoms with E-state index in [1.807, 2.05) is 12.5 Å². The molecule has 0 spiro atoms. The predicted molar refractivity (Wildman–Crippen MR) is 87.6 cm³/mol. The molecule has 0 aliphatic carbocycles. The Morgan fingerprint density at radius 2 is 1.50 bits per heavy atom. The Bertz CT molecular complexity index is 203. The Morgan fingerprint density at radius 3 is 1.90 bits per heavy atom. The third-order valence-corrected chi connectivity index (χ3v) is 4.57. The average molecular weight is 288 g/mol. The highest BCUT2D eigenvalue weighted by Gasteiger charge is 2.19. The van der Waals surface area contributed by atoms with E-state index in [1.165, 1.54) is 51.6 Å². The lowest BCUT2D eigenvalue weighted by Gasteiger charge is -2.32. The molecule has 3 unspecified atom stereocenters. The van der Waals surface area contributed by atoms with Crippen LogP contribution in [0.2, 0.25) is 0 Å². The SMILES string of the molecule is CCCCN(CCCC)C(CC)CCC(C)C(C)NF. The highest BCUT2D eigenvalue weighted by Crippen LogP contribution is 2.19. The topological polar surface area (TPSA) is 15.3 Å². The van der Waals surface area contributed by atoms with Crippen molar-refractivity contribution in [3.05, 3.63) is 0 Å². The fraction of sp³-hybridized carbons (Fsp3) is 1.00. The predicted octanol–water partition coefficient (Wildman–Crippen LogP) is 4.95. The van der Waals surface area contributed by atoms with Crippen LogP contribution in [0.4, 0.5) is 4.48 Å². The lowest BCUT2D eigenvalue weighted by molar-refractivity contribution is 0.158. The van der Waals surface area contributed by atoms with E-state index < -0.39 is 0 Å². The molecule has 0 saturated carbocycles. The van der Waals surface area contributed by atoms with Crippen LogP contribution >= 0.6 is 0 Å². The molecule has 2 nitrogen and oxygen atoms in total. The molecule has 20 heavy (non-hydrogen) atoms. The highest BCUT2D eigenvalue weighted by molar-refractivity contribution is 4.74. The number of halogens is 1. The molecule has 0 aromatic rings. The molecule has 1 N–H and O–H groups in total. The minimum atomic E-state index is -0.0350. The largest absolute Gasteiger partial charge is 0.300 e. The van der Waals surface area contributed by atoms with Crippen LogP contribution in [0.15, 0.2) is 0 Å². The van der Waals surface area contributed by atoms with Gasteiger partial charge < -0.3 is 4.90 Å². The number of hydrogen-bond donors (Lipinski definition) is 1. The van der Waals surface area contributed by atoms with Crippen molar-refractivity contribution in [2.24, 2.45) is 5.92 Å². The van der Waals surface area contributed by atoms with Crippen LogP contribution in [0.1, 0.15) is 79.6 Å². The van der Waals surface area contributed by atoms with Gasteiger partial charge in [-0.05, 0) is 58.0 Å². The van der Waals surface area contributed by atoms with Crippen LogP contribution in [0, 0.1) is 5.92 Å². The van der Waals surface area contributed by atoms with Gasteiger partial charge in [0.1, 0.15) is 0 Å². The summed E-state index contributed by atoms with van der Waals surface area (Å²) >= 11 is 0. The Balaban J connectivity index is 4.32. The van der Waals surface area contributed by atoms with E-state index in [-0.39, 0.29) is 6.04 Å². The molecular weight excluding hydrogens is 251 g/mol. The standard InChI is InChI=1S/C17H37FN2/c1-6-9-13-20(14-10-7-2)17(8-3)12-11-15(4)16(5)19-18/h15-17,19H,6-14H2,1-5H3. The zero-order chi connectivity index (χ0) is 15.4. The molecule has 0 aromatic carbocycles. The molecule has 0 rings (SSSR count). The smallest absolute Gasteiger partial charge is 0.0369 e. The molecule has 0 radical (unpaired) electrons. The van der Waals surface area contributed by atoms with Crippen molar-refractivity contribution < 1.29 is 4.48 Å². The maximum Gasteiger partial charge on any atom is 0.0369 e. The highest BCUT2D eigenvalue weighted by atomic mass is 19.2. The second kappa shape index (κ2) is 12.6. The Kier molecular flexibility index (Phi) is 12.5. The molecule has 122 valence electrons. The monoisotopic (exact) mass is 288 g/mol. The Morgan fingerprint density at radius 1 is 0.950 bits per heavy atom. The van der Waals surface area contributed by atoms with E-state index in [9.17, 15) is 4.48 Å². The van der Waals surface area contributed by atoms with Gasteiger partial charge in [0.25, 0.3) is 0 Å². The summed E-state index contributed by atoms with van der Waals surface area (Å²) in [6, 6.07) is 0.634. The molecular formula is C17H37FN2. The summed E-state index contributed by atoms with van der Waals surface area (Å²) in [5, 5.41) is 0. The first kappa shape index (κ1) is 19.9. The lowest BCUT2D eigenvalue weighted by Crippen LogP contribution is -2.37. The van der Waals surface area contributed by atoms with E-state index in [4.69, 9.17) is 0 Å². The van der Waals surface area contributed by atoms with Crippen LogP contribution < -0.4 is 5.54 Å². The number of nitrogens with zero attached hydrogens (tertiary/aromatic N) is 1. The van der Waals surface area contributed by atoms with E-state index in [0.29, 0.717) is 12.0 Å². The molecule has 0 amide bonds. The van der Waals surface area contributed by atoms with Crippen LogP contribution in [0.25, 0.3) is 0 Å². The number of rotatable bonds is 13. The van der Waals surface area contributed by atoms with Crippen molar-refractivity contribution in [1.82, 2.24) is 10.4 Å². The summed E-state index contributed by atoms with van der Waals surface area (Å²) in [6.07, 6.45) is 8.60. The van der Waals surface area contributed by atoms with Crippen LogP contribution in [-0.4, -0.2) is 30.1 Å². The normalized spacial score (nSPS) is 16.4. The quantitative estimate of drug-likeness (QED) is 0.483. The molecule has 0 saturated heterocycles. The zero-order valence-electron chi connectivity index (χ0n) is 14.4. The van der Waals surface area contributed by atoms with Gasteiger partial charge in [0.05, 0.1) is 0 Å². The minimum absolute atomic E-state index is 0.0350. The first-order chi connectivity index (χ1) is 9.60. The van der Waals surface area contributed by atoms with Crippen molar-refractivity contribution >= 4 is 0 Å². The Labute approximate surface area is 126 Å². The van der Waals surface area contributed by atoms with E-state index >= 15 is 0 Å². The van der Waals surface area contributed by atoms with Crippen LogP contribution in [0.3, 0.4) is 0 Å². The molecule has 3 heteroatoms. The van der Waals surface area contributed by atoms with Gasteiger partial charge in [-0.15, -0.1) is 4.48 Å². The summed E-state index contributed by atoms with van der Waals surface area (Å²) in [5.41, 5.74) is 1.89. The van der Waals surface area contributed by atoms with Gasteiger partial charge in [-0.1, -0.05) is 40.5 Å². The van der Waals surface area contributed by atoms with E-state index in [1.54, 1.807) is 0 Å². The number of hydrogen-bond acceptors (Lipinski definition) is 2. The maximum atomic E-state index is 12.5. The third-order valence-electron chi connectivity index (χ3n) is 4.57. The van der Waals surface area contributed by atoms with E-state index in [2.05, 4.69) is 32.6 Å². The fourth-order valence-corrected chi connectivity index (χ4v) is 2.66. The van der Waals surface area contributed by atoms with Gasteiger partial charge in [-0.3, -0.25) is 0 Å². The minimum Gasteiger partial charge on any atom is -0.300 e. The van der Waals surface area contributed by atoms with Gasteiger partial charge in [-0.25, -0.2) is 0 Å². The van der Waals surface area contributed by atoms with Crippen molar-refractivity contribution in [3.8, 4) is 0 Å². The van der Waals surface area contributed by atoms with Crippen LogP contribution in [0.5, 0.6) is 0 Å². The number of unbranched alkanes of at least 4 members (excludes halogenated alkanes) is 2. The molecule has 0 bridgehead atoms. The number of nitrogens with one attached hydrogen (secondary N) is 1. The molecule has 0 aromatic heterocycles. The average Bonchev–Trinajstić information content (AvgIpc) is 2.48. The maximum absolute atomic E-state index is 12.5. The molecule has 0 aliphatic rings. The van der Waals surface area contributed by atoms with Crippen molar-refractivity contribution in [3.63, 3.8) is 0 Å². The molecule has 0 heterocycles. The summed E-state index contributed by atoms with van der Waals surface area (Å²) in [7, 11) is 0. The van der Waals surface area contributed by atoms with Crippen molar-refractivity contribution in [2.45, 2.75) is 91.6 Å². The first-order valence-corrected chi connectivity index (χ1v) is 8.70. The summed E-state index contributed by atoms with van der Waals surface area (Å²) < 4.78 is 12.5. The summed E-state index contributed by atoms with van der Waals surface area (Å²) in [5.74, 6) is 0.397. The van der Waals surface area contributed by atoms with E-state index in [0.717, 1.165) is 6.42 Å². The molecule has 0 fully saturated rings. The van der Waals surface area contributed by atoms with Crippen molar-refractivity contribution in [1.29, 1.82) is 0 Å². The molecule has 3 atom stereocenters. The first-order valence-electron chi connectivity index (χ1n) is 8.70. The van der Waals surface area contributed by atoms with Crippen molar-refractivity contribution in [2.75, 3.05) is 13.1 Å². The summed E-state index contributed by atoms with van der Waals surface area (Å²) in [4.78, 5) is 2.67. The fourth-order valence-electron chi connectivity index (χ4n) is 2.66. The van der Waals surface area contributed by atoms with Gasteiger partial charge in [0.15, 0.2) is 0 Å². The lowest BCUT2D eigenvalue weighted by atomic mass is 9.94. The zero-order valence-corrected chi connectivity index (χ0v) is 14.4. The third kappa shape index (κ3) is 8.21. The second-order valence-electron chi connectivity index (χ2n) is 6.26. The van der Waals surface area contributed by atoms with Gasteiger partial charge in [-0.2, -0.15) is 5.54 Å². The second-order valence-corrected chi connectivity index (χ2v) is 6.26. The van der Waals surface area contributed by atoms with Gasteiger partial charge in [0, 0.05) is 12.1 Å². The van der Waals surface area contributed by atoms with Gasteiger partial charge in [0.2, 0.25) is 0 Å².